The minimum atomic E-state index is 0.802. The van der Waals surface area contributed by atoms with Crippen LogP contribution < -0.4 is 10.1 Å². The van der Waals surface area contributed by atoms with E-state index in [9.17, 15) is 0 Å². The molecule has 0 spiro atoms. The highest BCUT2D eigenvalue weighted by Crippen LogP contribution is 2.20. The first kappa shape index (κ1) is 14.4. The van der Waals surface area contributed by atoms with E-state index in [2.05, 4.69) is 42.3 Å². The Morgan fingerprint density at radius 1 is 1.42 bits per heavy atom. The summed E-state index contributed by atoms with van der Waals surface area (Å²) in [7, 11) is 1.74. The van der Waals surface area contributed by atoms with E-state index in [-0.39, 0.29) is 0 Å². The maximum atomic E-state index is 5.41. The van der Waals surface area contributed by atoms with Gasteiger partial charge in [-0.3, -0.25) is 0 Å². The molecule has 1 aliphatic heterocycles. The first-order chi connectivity index (χ1) is 9.22. The zero-order chi connectivity index (χ0) is 13.7. The smallest absolute Gasteiger partial charge is 0.123 e. The van der Waals surface area contributed by atoms with Gasteiger partial charge >= 0.3 is 0 Å². The Hall–Kier alpha value is -1.06. The van der Waals surface area contributed by atoms with Gasteiger partial charge in [-0.25, -0.2) is 0 Å². The number of nitrogens with zero attached hydrogens (tertiary/aromatic N) is 1. The largest absolute Gasteiger partial charge is 0.496 e. The van der Waals surface area contributed by atoms with Crippen molar-refractivity contribution in [1.29, 1.82) is 0 Å². The first-order valence-corrected chi connectivity index (χ1v) is 7.29. The average molecular weight is 262 g/mol. The van der Waals surface area contributed by atoms with E-state index in [1.165, 1.54) is 37.2 Å². The van der Waals surface area contributed by atoms with Gasteiger partial charge in [0.05, 0.1) is 7.11 Å². The molecule has 2 rings (SSSR count). The van der Waals surface area contributed by atoms with Crippen LogP contribution in [0.25, 0.3) is 0 Å². The monoisotopic (exact) mass is 262 g/mol. The Morgan fingerprint density at radius 2 is 2.26 bits per heavy atom. The number of ether oxygens (including phenoxy) is 1. The Labute approximate surface area is 116 Å². The highest BCUT2D eigenvalue weighted by molar-refractivity contribution is 5.36. The predicted octanol–water partition coefficient (Wildman–Crippen LogP) is 2.44. The van der Waals surface area contributed by atoms with Crippen molar-refractivity contribution in [3.8, 4) is 5.75 Å². The molecule has 1 N–H and O–H groups in total. The second-order valence-electron chi connectivity index (χ2n) is 5.49. The van der Waals surface area contributed by atoms with Crippen LogP contribution in [0.1, 0.15) is 24.5 Å². The van der Waals surface area contributed by atoms with Gasteiger partial charge in [-0.05, 0) is 45.0 Å². The number of rotatable bonds is 6. The second kappa shape index (κ2) is 6.92. The topological polar surface area (TPSA) is 24.5 Å². The fraction of sp³-hybridized carbons (Fsp3) is 0.625. The Kier molecular flexibility index (Phi) is 5.23. The molecule has 0 aliphatic carbocycles. The van der Waals surface area contributed by atoms with Gasteiger partial charge in [0, 0.05) is 18.7 Å². The van der Waals surface area contributed by atoms with Gasteiger partial charge in [-0.1, -0.05) is 24.6 Å². The number of hydrogen-bond donors (Lipinski definition) is 1. The van der Waals surface area contributed by atoms with Crippen LogP contribution in [0.5, 0.6) is 5.75 Å². The molecule has 3 nitrogen and oxygen atoms in total. The van der Waals surface area contributed by atoms with Gasteiger partial charge in [-0.15, -0.1) is 0 Å². The van der Waals surface area contributed by atoms with E-state index in [0.29, 0.717) is 0 Å². The molecule has 1 atom stereocenters. The molecule has 0 bridgehead atoms. The summed E-state index contributed by atoms with van der Waals surface area (Å²) >= 11 is 0. The lowest BCUT2D eigenvalue weighted by molar-refractivity contribution is 0.338. The second-order valence-corrected chi connectivity index (χ2v) is 5.49. The van der Waals surface area contributed by atoms with Crippen LogP contribution in [0.2, 0.25) is 0 Å². The summed E-state index contributed by atoms with van der Waals surface area (Å²) < 4.78 is 5.41. The van der Waals surface area contributed by atoms with Gasteiger partial charge in [0.2, 0.25) is 0 Å². The molecular formula is C16H26N2O. The Balaban J connectivity index is 1.81. The predicted molar refractivity (Wildman–Crippen MR) is 79.7 cm³/mol. The molecule has 1 aliphatic rings. The zero-order valence-electron chi connectivity index (χ0n) is 12.4. The molecule has 1 unspecified atom stereocenters. The maximum absolute atomic E-state index is 5.41. The molecule has 0 radical (unpaired) electrons. The molecule has 1 aromatic carbocycles. The van der Waals surface area contributed by atoms with Gasteiger partial charge in [0.25, 0.3) is 0 Å². The minimum Gasteiger partial charge on any atom is -0.496 e. The van der Waals surface area contributed by atoms with Crippen LogP contribution in [0, 0.1) is 12.8 Å². The van der Waals surface area contributed by atoms with Crippen LogP contribution in [0.4, 0.5) is 0 Å². The quantitative estimate of drug-likeness (QED) is 0.852. The molecule has 1 aromatic rings. The zero-order valence-corrected chi connectivity index (χ0v) is 12.4. The summed E-state index contributed by atoms with van der Waals surface area (Å²) in [6.45, 7) is 10.1. The third kappa shape index (κ3) is 3.95. The first-order valence-electron chi connectivity index (χ1n) is 7.29. The van der Waals surface area contributed by atoms with Gasteiger partial charge in [0.15, 0.2) is 0 Å². The lowest BCUT2D eigenvalue weighted by atomic mass is 10.1. The van der Waals surface area contributed by atoms with Crippen LogP contribution >= 0.6 is 0 Å². The van der Waals surface area contributed by atoms with Crippen LogP contribution in [-0.4, -0.2) is 38.2 Å². The van der Waals surface area contributed by atoms with Crippen molar-refractivity contribution >= 4 is 0 Å². The van der Waals surface area contributed by atoms with Crippen molar-refractivity contribution in [2.24, 2.45) is 5.92 Å². The summed E-state index contributed by atoms with van der Waals surface area (Å²) in [4.78, 5) is 2.53. The van der Waals surface area contributed by atoms with Crippen molar-refractivity contribution in [1.82, 2.24) is 10.2 Å². The van der Waals surface area contributed by atoms with Crippen molar-refractivity contribution < 1.29 is 4.74 Å². The minimum absolute atomic E-state index is 0.802. The number of nitrogens with one attached hydrogen (secondary N) is 1. The van der Waals surface area contributed by atoms with E-state index in [1.807, 2.05) is 0 Å². The summed E-state index contributed by atoms with van der Waals surface area (Å²) in [5.74, 6) is 1.79. The number of aryl methyl sites for hydroxylation is 1. The highest BCUT2D eigenvalue weighted by atomic mass is 16.5. The lowest BCUT2D eigenvalue weighted by Gasteiger charge is -2.15. The summed E-state index contributed by atoms with van der Waals surface area (Å²) in [6.07, 6.45) is 1.33. The maximum Gasteiger partial charge on any atom is 0.123 e. The van der Waals surface area contributed by atoms with Gasteiger partial charge < -0.3 is 15.0 Å². The highest BCUT2D eigenvalue weighted by Gasteiger charge is 2.20. The number of benzene rings is 1. The lowest BCUT2D eigenvalue weighted by Crippen LogP contribution is -2.26. The molecule has 106 valence electrons. The molecule has 0 amide bonds. The Morgan fingerprint density at radius 3 is 2.95 bits per heavy atom. The molecule has 1 heterocycles. The average Bonchev–Trinajstić information content (AvgIpc) is 2.87. The van der Waals surface area contributed by atoms with Crippen molar-refractivity contribution in [2.45, 2.75) is 26.8 Å². The summed E-state index contributed by atoms with van der Waals surface area (Å²) in [5.41, 5.74) is 2.54. The van der Waals surface area contributed by atoms with Gasteiger partial charge in [-0.2, -0.15) is 0 Å². The van der Waals surface area contributed by atoms with Crippen LogP contribution in [0.3, 0.4) is 0 Å². The molecular weight excluding hydrogens is 236 g/mol. The molecule has 19 heavy (non-hydrogen) atoms. The molecule has 1 fully saturated rings. The molecule has 3 heteroatoms. The van der Waals surface area contributed by atoms with E-state index in [1.54, 1.807) is 7.11 Å². The standard InChI is InChI=1S/C16H26N2O/c1-4-18-8-7-14(12-18)10-17-11-15-9-13(2)5-6-16(15)19-3/h5-6,9,14,17H,4,7-8,10-12H2,1-3H3. The van der Waals surface area contributed by atoms with Crippen LogP contribution in [0.15, 0.2) is 18.2 Å². The van der Waals surface area contributed by atoms with Gasteiger partial charge in [0.1, 0.15) is 5.75 Å². The SMILES string of the molecule is CCN1CCC(CNCc2cc(C)ccc2OC)C1. The number of hydrogen-bond acceptors (Lipinski definition) is 3. The fourth-order valence-electron chi connectivity index (χ4n) is 2.82. The van der Waals surface area contributed by atoms with Crippen molar-refractivity contribution in [3.05, 3.63) is 29.3 Å². The third-order valence-electron chi connectivity index (χ3n) is 4.00. The fourth-order valence-corrected chi connectivity index (χ4v) is 2.82. The Bertz CT molecular complexity index is 406. The van der Waals surface area contributed by atoms with E-state index >= 15 is 0 Å². The van der Waals surface area contributed by atoms with Crippen molar-refractivity contribution in [2.75, 3.05) is 33.3 Å². The molecule has 0 aromatic heterocycles. The van der Waals surface area contributed by atoms with E-state index < -0.39 is 0 Å². The van der Waals surface area contributed by atoms with Crippen LogP contribution in [-0.2, 0) is 6.54 Å². The van der Waals surface area contributed by atoms with E-state index in [4.69, 9.17) is 4.74 Å². The summed E-state index contributed by atoms with van der Waals surface area (Å²) in [5, 5.41) is 3.58. The number of methoxy groups -OCH3 is 1. The molecule has 0 saturated carbocycles. The normalized spacial score (nSPS) is 19.8. The molecule has 1 saturated heterocycles. The van der Waals surface area contributed by atoms with Crippen molar-refractivity contribution in [3.63, 3.8) is 0 Å². The van der Waals surface area contributed by atoms with E-state index in [0.717, 1.165) is 24.8 Å². The number of likely N-dealkylation sites (tertiary alicyclic amines) is 1. The third-order valence-corrected chi connectivity index (χ3v) is 4.00. The summed E-state index contributed by atoms with van der Waals surface area (Å²) in [6, 6.07) is 6.36.